The summed E-state index contributed by atoms with van der Waals surface area (Å²) in [6.07, 6.45) is 4.37. The lowest BCUT2D eigenvalue weighted by molar-refractivity contribution is 0.318. The van der Waals surface area contributed by atoms with Crippen molar-refractivity contribution in [2.24, 2.45) is 10.9 Å². The molecule has 0 saturated carbocycles. The van der Waals surface area contributed by atoms with Gasteiger partial charge in [0.2, 0.25) is 5.88 Å². The van der Waals surface area contributed by atoms with Crippen LogP contribution in [0.1, 0.15) is 24.6 Å². The van der Waals surface area contributed by atoms with Crippen LogP contribution in [0.15, 0.2) is 29.7 Å². The van der Waals surface area contributed by atoms with E-state index in [0.717, 1.165) is 18.7 Å². The van der Waals surface area contributed by atoms with Crippen molar-refractivity contribution >= 4 is 5.84 Å². The minimum absolute atomic E-state index is 0.0477. The number of aromatic nitrogens is 3. The molecule has 2 rings (SSSR count). The van der Waals surface area contributed by atoms with Crippen LogP contribution in [0.25, 0.3) is 0 Å². The fourth-order valence-corrected chi connectivity index (χ4v) is 1.72. The molecule has 0 atom stereocenters. The molecule has 0 aliphatic carbocycles. The standard InChI is InChI=1S/C13H17N5O2/c1-3-6-18-8-10(7-15-18)20-13-11(12(14)17-19)5-4-9(2)16-13/h4-5,7-8,19H,3,6H2,1-2H3,(H2,14,17). The number of nitrogens with zero attached hydrogens (tertiary/aromatic N) is 4. The number of hydrogen-bond donors (Lipinski definition) is 2. The second-order valence-corrected chi connectivity index (χ2v) is 4.33. The number of amidine groups is 1. The highest BCUT2D eigenvalue weighted by Crippen LogP contribution is 2.23. The molecule has 0 unspecified atom stereocenters. The molecule has 0 radical (unpaired) electrons. The van der Waals surface area contributed by atoms with Crippen LogP contribution in [0.4, 0.5) is 0 Å². The van der Waals surface area contributed by atoms with Crippen LogP contribution < -0.4 is 10.5 Å². The van der Waals surface area contributed by atoms with Gasteiger partial charge in [-0.1, -0.05) is 12.1 Å². The minimum Gasteiger partial charge on any atom is -0.435 e. The van der Waals surface area contributed by atoms with Crippen molar-refractivity contribution in [2.45, 2.75) is 26.8 Å². The van der Waals surface area contributed by atoms with Gasteiger partial charge in [0.05, 0.1) is 18.0 Å². The molecule has 0 aliphatic heterocycles. The summed E-state index contributed by atoms with van der Waals surface area (Å²) in [5, 5.41) is 15.9. The normalized spacial score (nSPS) is 11.6. The summed E-state index contributed by atoms with van der Waals surface area (Å²) < 4.78 is 7.46. The van der Waals surface area contributed by atoms with Crippen molar-refractivity contribution in [3.63, 3.8) is 0 Å². The zero-order valence-corrected chi connectivity index (χ0v) is 11.4. The fourth-order valence-electron chi connectivity index (χ4n) is 1.72. The summed E-state index contributed by atoms with van der Waals surface area (Å²) in [6.45, 7) is 4.72. The molecule has 7 heteroatoms. The van der Waals surface area contributed by atoms with Gasteiger partial charge >= 0.3 is 0 Å². The lowest BCUT2D eigenvalue weighted by Crippen LogP contribution is -2.15. The Hall–Kier alpha value is -2.57. The molecule has 2 aromatic rings. The quantitative estimate of drug-likeness (QED) is 0.376. The van der Waals surface area contributed by atoms with Gasteiger partial charge in [0.1, 0.15) is 0 Å². The Balaban J connectivity index is 2.29. The zero-order chi connectivity index (χ0) is 14.5. The smallest absolute Gasteiger partial charge is 0.230 e. The summed E-state index contributed by atoms with van der Waals surface area (Å²) >= 11 is 0. The molecule has 106 valence electrons. The Labute approximate surface area is 116 Å². The molecule has 20 heavy (non-hydrogen) atoms. The molecule has 0 saturated heterocycles. The first kappa shape index (κ1) is 13.9. The highest BCUT2D eigenvalue weighted by Gasteiger charge is 2.12. The van der Waals surface area contributed by atoms with Crippen molar-refractivity contribution in [3.05, 3.63) is 35.8 Å². The second-order valence-electron chi connectivity index (χ2n) is 4.33. The van der Waals surface area contributed by atoms with Crippen LogP contribution in [0.5, 0.6) is 11.6 Å². The third-order valence-corrected chi connectivity index (χ3v) is 2.66. The van der Waals surface area contributed by atoms with Gasteiger partial charge in [-0.15, -0.1) is 0 Å². The molecule has 2 heterocycles. The summed E-state index contributed by atoms with van der Waals surface area (Å²) in [5.41, 5.74) is 6.82. The van der Waals surface area contributed by atoms with Crippen LogP contribution in [-0.2, 0) is 6.54 Å². The molecule has 7 nitrogen and oxygen atoms in total. The topological polar surface area (TPSA) is 98.6 Å². The Morgan fingerprint density at radius 3 is 3.00 bits per heavy atom. The van der Waals surface area contributed by atoms with E-state index >= 15 is 0 Å². The molecule has 0 amide bonds. The van der Waals surface area contributed by atoms with Crippen molar-refractivity contribution < 1.29 is 9.94 Å². The van der Waals surface area contributed by atoms with Crippen molar-refractivity contribution in [1.82, 2.24) is 14.8 Å². The molecular weight excluding hydrogens is 258 g/mol. The Morgan fingerprint density at radius 2 is 2.30 bits per heavy atom. The summed E-state index contributed by atoms with van der Waals surface area (Å²) in [7, 11) is 0. The van der Waals surface area contributed by atoms with E-state index in [1.54, 1.807) is 29.2 Å². The molecule has 3 N–H and O–H groups in total. The number of hydrogen-bond acceptors (Lipinski definition) is 5. The zero-order valence-electron chi connectivity index (χ0n) is 11.4. The van der Waals surface area contributed by atoms with E-state index in [9.17, 15) is 0 Å². The van der Waals surface area contributed by atoms with Gasteiger partial charge in [-0.2, -0.15) is 5.10 Å². The lowest BCUT2D eigenvalue weighted by atomic mass is 10.2. The van der Waals surface area contributed by atoms with Crippen molar-refractivity contribution in [3.8, 4) is 11.6 Å². The predicted octanol–water partition coefficient (Wildman–Crippen LogP) is 1.88. The van der Waals surface area contributed by atoms with Gasteiger partial charge in [0.15, 0.2) is 11.6 Å². The van der Waals surface area contributed by atoms with E-state index in [1.807, 2.05) is 6.92 Å². The van der Waals surface area contributed by atoms with E-state index in [4.69, 9.17) is 15.7 Å². The van der Waals surface area contributed by atoms with Crippen LogP contribution in [0, 0.1) is 6.92 Å². The maximum Gasteiger partial charge on any atom is 0.230 e. The highest BCUT2D eigenvalue weighted by atomic mass is 16.5. The third kappa shape index (κ3) is 3.05. The summed E-state index contributed by atoms with van der Waals surface area (Å²) in [6, 6.07) is 3.46. The van der Waals surface area contributed by atoms with E-state index in [1.165, 1.54) is 0 Å². The van der Waals surface area contributed by atoms with Crippen LogP contribution in [0.2, 0.25) is 0 Å². The SMILES string of the molecule is CCCn1cc(Oc2nc(C)ccc2/C(N)=N/O)cn1. The van der Waals surface area contributed by atoms with E-state index in [0.29, 0.717) is 11.3 Å². The Morgan fingerprint density at radius 1 is 1.50 bits per heavy atom. The van der Waals surface area contributed by atoms with Gasteiger partial charge in [0.25, 0.3) is 0 Å². The Bertz CT molecular complexity index is 621. The maximum atomic E-state index is 8.79. The van der Waals surface area contributed by atoms with Gasteiger partial charge in [-0.05, 0) is 25.5 Å². The summed E-state index contributed by atoms with van der Waals surface area (Å²) in [4.78, 5) is 4.26. The van der Waals surface area contributed by atoms with Crippen LogP contribution >= 0.6 is 0 Å². The molecule has 0 aromatic carbocycles. The molecule has 0 bridgehead atoms. The molecule has 0 aliphatic rings. The van der Waals surface area contributed by atoms with Crippen LogP contribution in [-0.4, -0.2) is 25.8 Å². The highest BCUT2D eigenvalue weighted by molar-refractivity contribution is 5.99. The fraction of sp³-hybridized carbons (Fsp3) is 0.308. The average Bonchev–Trinajstić information content (AvgIpc) is 2.86. The number of pyridine rings is 1. The summed E-state index contributed by atoms with van der Waals surface area (Å²) in [5.74, 6) is 0.799. The average molecular weight is 275 g/mol. The predicted molar refractivity (Wildman–Crippen MR) is 74.1 cm³/mol. The molecule has 0 spiro atoms. The lowest BCUT2D eigenvalue weighted by Gasteiger charge is -2.08. The van der Waals surface area contributed by atoms with Gasteiger partial charge in [0, 0.05) is 12.2 Å². The third-order valence-electron chi connectivity index (χ3n) is 2.66. The largest absolute Gasteiger partial charge is 0.435 e. The number of nitrogens with two attached hydrogens (primary N) is 1. The first-order valence-corrected chi connectivity index (χ1v) is 6.30. The number of oxime groups is 1. The first-order chi connectivity index (χ1) is 9.63. The maximum absolute atomic E-state index is 8.79. The minimum atomic E-state index is -0.0477. The number of ether oxygens (including phenoxy) is 1. The van der Waals surface area contributed by atoms with Crippen molar-refractivity contribution in [1.29, 1.82) is 0 Å². The molecule has 0 fully saturated rings. The van der Waals surface area contributed by atoms with Gasteiger partial charge in [-0.25, -0.2) is 4.98 Å². The molecule has 2 aromatic heterocycles. The van der Waals surface area contributed by atoms with E-state index in [2.05, 4.69) is 22.2 Å². The number of rotatable bonds is 5. The van der Waals surface area contributed by atoms with Gasteiger partial charge in [-0.3, -0.25) is 4.68 Å². The van der Waals surface area contributed by atoms with Crippen LogP contribution in [0.3, 0.4) is 0 Å². The number of aryl methyl sites for hydroxylation is 2. The molecular formula is C13H17N5O2. The van der Waals surface area contributed by atoms with E-state index < -0.39 is 0 Å². The first-order valence-electron chi connectivity index (χ1n) is 6.30. The van der Waals surface area contributed by atoms with Crippen molar-refractivity contribution in [2.75, 3.05) is 0 Å². The second kappa shape index (κ2) is 6.05. The van der Waals surface area contributed by atoms with E-state index in [-0.39, 0.29) is 11.7 Å². The Kier molecular flexibility index (Phi) is 4.19. The monoisotopic (exact) mass is 275 g/mol. The van der Waals surface area contributed by atoms with Gasteiger partial charge < -0.3 is 15.7 Å².